The molecular weight excluding hydrogens is 232 g/mol. The van der Waals surface area contributed by atoms with Gasteiger partial charge in [0.1, 0.15) is 0 Å². The van der Waals surface area contributed by atoms with Gasteiger partial charge in [-0.3, -0.25) is 0 Å². The first-order valence-corrected chi connectivity index (χ1v) is 7.03. The van der Waals surface area contributed by atoms with E-state index in [1.807, 2.05) is 18.2 Å². The largest absolute Gasteiger partial charge is 0.387 e. The van der Waals surface area contributed by atoms with E-state index >= 15 is 0 Å². The second-order valence-electron chi connectivity index (χ2n) is 5.63. The summed E-state index contributed by atoms with van der Waals surface area (Å²) in [6, 6.07) is 18.7. The highest BCUT2D eigenvalue weighted by molar-refractivity contribution is 5.37. The zero-order chi connectivity index (χ0) is 13.3. The SMILES string of the molecule is Cc1ccccc1C(O)C1(c2ccccc2)CCC1. The second kappa shape index (κ2) is 4.82. The first-order chi connectivity index (χ1) is 9.24. The molecular formula is C18H20O. The predicted octanol–water partition coefficient (Wildman–Crippen LogP) is 4.15. The fraction of sp³-hybridized carbons (Fsp3) is 0.333. The van der Waals surface area contributed by atoms with Crippen molar-refractivity contribution in [2.24, 2.45) is 0 Å². The molecule has 0 bridgehead atoms. The Morgan fingerprint density at radius 2 is 1.58 bits per heavy atom. The van der Waals surface area contributed by atoms with E-state index in [0.717, 1.165) is 18.4 Å². The Balaban J connectivity index is 2.02. The summed E-state index contributed by atoms with van der Waals surface area (Å²) in [5.41, 5.74) is 3.45. The van der Waals surface area contributed by atoms with Crippen molar-refractivity contribution >= 4 is 0 Å². The lowest BCUT2D eigenvalue weighted by Gasteiger charge is -2.46. The zero-order valence-electron chi connectivity index (χ0n) is 11.3. The van der Waals surface area contributed by atoms with Crippen molar-refractivity contribution in [2.45, 2.75) is 37.7 Å². The smallest absolute Gasteiger partial charge is 0.0889 e. The number of aryl methyl sites for hydroxylation is 1. The van der Waals surface area contributed by atoms with Crippen LogP contribution in [0.2, 0.25) is 0 Å². The molecule has 1 unspecified atom stereocenters. The number of benzene rings is 2. The minimum absolute atomic E-state index is 0.0760. The molecule has 0 saturated heterocycles. The van der Waals surface area contributed by atoms with Crippen LogP contribution >= 0.6 is 0 Å². The topological polar surface area (TPSA) is 20.2 Å². The normalized spacial score (nSPS) is 18.6. The van der Waals surface area contributed by atoms with Crippen LogP contribution in [0.3, 0.4) is 0 Å². The maximum atomic E-state index is 10.9. The van der Waals surface area contributed by atoms with E-state index in [0.29, 0.717) is 0 Å². The van der Waals surface area contributed by atoms with Gasteiger partial charge in [-0.2, -0.15) is 0 Å². The molecule has 0 aliphatic heterocycles. The van der Waals surface area contributed by atoms with Crippen LogP contribution in [-0.2, 0) is 5.41 Å². The van der Waals surface area contributed by atoms with Gasteiger partial charge in [-0.1, -0.05) is 61.0 Å². The van der Waals surface area contributed by atoms with Crippen LogP contribution in [0.1, 0.15) is 42.1 Å². The van der Waals surface area contributed by atoms with Crippen LogP contribution in [-0.4, -0.2) is 5.11 Å². The molecule has 0 heterocycles. The van der Waals surface area contributed by atoms with Gasteiger partial charge in [-0.25, -0.2) is 0 Å². The summed E-state index contributed by atoms with van der Waals surface area (Å²) in [5, 5.41) is 10.9. The van der Waals surface area contributed by atoms with Crippen molar-refractivity contribution in [3.05, 3.63) is 71.3 Å². The van der Waals surface area contributed by atoms with E-state index in [4.69, 9.17) is 0 Å². The fourth-order valence-electron chi connectivity index (χ4n) is 3.24. The Bertz CT molecular complexity index is 555. The molecule has 1 heteroatoms. The number of hydrogen-bond acceptors (Lipinski definition) is 1. The van der Waals surface area contributed by atoms with Crippen LogP contribution in [0.4, 0.5) is 0 Å². The van der Waals surface area contributed by atoms with Gasteiger partial charge in [0, 0.05) is 5.41 Å². The molecule has 1 aliphatic carbocycles. The van der Waals surface area contributed by atoms with Crippen LogP contribution in [0.25, 0.3) is 0 Å². The average Bonchev–Trinajstić information content (AvgIpc) is 2.39. The Hall–Kier alpha value is -1.60. The molecule has 2 aromatic rings. The molecule has 1 aliphatic rings. The van der Waals surface area contributed by atoms with Crippen molar-refractivity contribution in [1.29, 1.82) is 0 Å². The van der Waals surface area contributed by atoms with Gasteiger partial charge in [0.15, 0.2) is 0 Å². The highest BCUT2D eigenvalue weighted by Crippen LogP contribution is 2.52. The van der Waals surface area contributed by atoms with Crippen LogP contribution in [0.15, 0.2) is 54.6 Å². The van der Waals surface area contributed by atoms with E-state index in [1.54, 1.807) is 0 Å². The van der Waals surface area contributed by atoms with Gasteiger partial charge in [-0.15, -0.1) is 0 Å². The third-order valence-electron chi connectivity index (χ3n) is 4.60. The van der Waals surface area contributed by atoms with E-state index in [1.165, 1.54) is 17.5 Å². The van der Waals surface area contributed by atoms with Crippen LogP contribution in [0.5, 0.6) is 0 Å². The van der Waals surface area contributed by atoms with E-state index in [-0.39, 0.29) is 5.41 Å². The van der Waals surface area contributed by atoms with Gasteiger partial charge in [0.05, 0.1) is 6.10 Å². The van der Waals surface area contributed by atoms with Crippen molar-refractivity contribution in [1.82, 2.24) is 0 Å². The summed E-state index contributed by atoms with van der Waals surface area (Å²) in [4.78, 5) is 0. The van der Waals surface area contributed by atoms with Crippen LogP contribution in [0, 0.1) is 6.92 Å². The van der Waals surface area contributed by atoms with Crippen molar-refractivity contribution in [3.8, 4) is 0 Å². The first kappa shape index (κ1) is 12.4. The summed E-state index contributed by atoms with van der Waals surface area (Å²) in [5.74, 6) is 0. The third kappa shape index (κ3) is 1.98. The standard InChI is InChI=1S/C18H20O/c1-14-8-5-6-11-16(14)17(19)18(12-7-13-18)15-9-3-2-4-10-15/h2-6,8-11,17,19H,7,12-13H2,1H3. The molecule has 1 fully saturated rings. The fourth-order valence-corrected chi connectivity index (χ4v) is 3.24. The summed E-state index contributed by atoms with van der Waals surface area (Å²) in [7, 11) is 0. The molecule has 0 aromatic heterocycles. The molecule has 1 atom stereocenters. The van der Waals surface area contributed by atoms with Gasteiger partial charge in [0.2, 0.25) is 0 Å². The van der Waals surface area contributed by atoms with E-state index in [2.05, 4.69) is 43.3 Å². The third-order valence-corrected chi connectivity index (χ3v) is 4.60. The molecule has 98 valence electrons. The van der Waals surface area contributed by atoms with Gasteiger partial charge < -0.3 is 5.11 Å². The number of rotatable bonds is 3. The van der Waals surface area contributed by atoms with E-state index in [9.17, 15) is 5.11 Å². The molecule has 19 heavy (non-hydrogen) atoms. The Morgan fingerprint density at radius 1 is 0.947 bits per heavy atom. The quantitative estimate of drug-likeness (QED) is 0.870. The van der Waals surface area contributed by atoms with Crippen molar-refractivity contribution < 1.29 is 5.11 Å². The minimum Gasteiger partial charge on any atom is -0.387 e. The Labute approximate surface area is 114 Å². The Morgan fingerprint density at radius 3 is 2.16 bits per heavy atom. The van der Waals surface area contributed by atoms with Crippen LogP contribution < -0.4 is 0 Å². The molecule has 0 amide bonds. The average molecular weight is 252 g/mol. The molecule has 1 nitrogen and oxygen atoms in total. The molecule has 3 rings (SSSR count). The highest BCUT2D eigenvalue weighted by Gasteiger charge is 2.45. The number of aliphatic hydroxyl groups is 1. The van der Waals surface area contributed by atoms with Crippen molar-refractivity contribution in [3.63, 3.8) is 0 Å². The summed E-state index contributed by atoms with van der Waals surface area (Å²) >= 11 is 0. The molecule has 1 saturated carbocycles. The molecule has 2 aromatic carbocycles. The second-order valence-corrected chi connectivity index (χ2v) is 5.63. The maximum absolute atomic E-state index is 10.9. The molecule has 0 radical (unpaired) electrons. The van der Waals surface area contributed by atoms with Gasteiger partial charge >= 0.3 is 0 Å². The summed E-state index contributed by atoms with van der Waals surface area (Å²) in [6.45, 7) is 2.08. The van der Waals surface area contributed by atoms with Gasteiger partial charge in [0.25, 0.3) is 0 Å². The summed E-state index contributed by atoms with van der Waals surface area (Å²) in [6.07, 6.45) is 2.96. The predicted molar refractivity (Wildman–Crippen MR) is 78.1 cm³/mol. The Kier molecular flexibility index (Phi) is 3.16. The monoisotopic (exact) mass is 252 g/mol. The summed E-state index contributed by atoms with van der Waals surface area (Å²) < 4.78 is 0. The first-order valence-electron chi connectivity index (χ1n) is 7.03. The number of hydrogen-bond donors (Lipinski definition) is 1. The lowest BCUT2D eigenvalue weighted by Crippen LogP contribution is -2.40. The molecule has 1 N–H and O–H groups in total. The van der Waals surface area contributed by atoms with Crippen molar-refractivity contribution in [2.75, 3.05) is 0 Å². The lowest BCUT2D eigenvalue weighted by atomic mass is 9.59. The molecule has 0 spiro atoms. The zero-order valence-corrected chi connectivity index (χ0v) is 11.3. The number of aliphatic hydroxyl groups excluding tert-OH is 1. The maximum Gasteiger partial charge on any atom is 0.0889 e. The lowest BCUT2D eigenvalue weighted by molar-refractivity contribution is 0.0264. The highest BCUT2D eigenvalue weighted by atomic mass is 16.3. The van der Waals surface area contributed by atoms with E-state index < -0.39 is 6.10 Å². The van der Waals surface area contributed by atoms with Gasteiger partial charge in [-0.05, 0) is 36.5 Å². The minimum atomic E-state index is -0.398.